The van der Waals surface area contributed by atoms with Crippen LogP contribution in [0.1, 0.15) is 18.9 Å². The van der Waals surface area contributed by atoms with Gasteiger partial charge in [-0.05, 0) is 12.8 Å². The summed E-state index contributed by atoms with van der Waals surface area (Å²) in [5, 5.41) is 2.72. The molecule has 0 radical (unpaired) electrons. The fraction of sp³-hybridized carbons (Fsp3) is 0.500. The third-order valence-electron chi connectivity index (χ3n) is 2.76. The van der Waals surface area contributed by atoms with E-state index in [2.05, 4.69) is 10.3 Å². The monoisotopic (exact) mass is 222 g/mol. The maximum absolute atomic E-state index is 12.0. The van der Waals surface area contributed by atoms with E-state index in [1.165, 1.54) is 9.13 Å². The first kappa shape index (κ1) is 10.7. The molecule has 1 heterocycles. The first-order chi connectivity index (χ1) is 7.65. The van der Waals surface area contributed by atoms with Crippen molar-refractivity contribution >= 4 is 5.95 Å². The molecule has 0 bridgehead atoms. The number of aromatic nitrogens is 3. The lowest BCUT2D eigenvalue weighted by Gasteiger charge is -2.13. The van der Waals surface area contributed by atoms with Crippen molar-refractivity contribution in [3.8, 4) is 0 Å². The van der Waals surface area contributed by atoms with Crippen molar-refractivity contribution in [1.82, 2.24) is 14.1 Å². The van der Waals surface area contributed by atoms with E-state index in [0.29, 0.717) is 0 Å². The van der Waals surface area contributed by atoms with Gasteiger partial charge in [0.05, 0.1) is 6.04 Å². The Morgan fingerprint density at radius 2 is 2.25 bits per heavy atom. The number of anilines is 1. The Morgan fingerprint density at radius 1 is 1.50 bits per heavy atom. The molecule has 0 aromatic carbocycles. The number of nitrogens with one attached hydrogen (secondary N) is 1. The van der Waals surface area contributed by atoms with Crippen LogP contribution in [0.25, 0.3) is 0 Å². The van der Waals surface area contributed by atoms with Crippen molar-refractivity contribution in [2.24, 2.45) is 7.05 Å². The first-order valence-electron chi connectivity index (χ1n) is 5.19. The van der Waals surface area contributed by atoms with E-state index in [4.69, 9.17) is 0 Å². The highest BCUT2D eigenvalue weighted by atomic mass is 16.2. The molecule has 0 saturated heterocycles. The van der Waals surface area contributed by atoms with Gasteiger partial charge >= 0.3 is 11.4 Å². The predicted octanol–water partition coefficient (Wildman–Crippen LogP) is -0.125. The van der Waals surface area contributed by atoms with Gasteiger partial charge in [0.1, 0.15) is 0 Å². The smallest absolute Gasteiger partial charge is 0.355 e. The van der Waals surface area contributed by atoms with Crippen molar-refractivity contribution in [3.63, 3.8) is 0 Å². The fourth-order valence-corrected chi connectivity index (χ4v) is 1.89. The van der Waals surface area contributed by atoms with Crippen molar-refractivity contribution in [2.45, 2.75) is 18.9 Å². The van der Waals surface area contributed by atoms with E-state index in [0.717, 1.165) is 12.8 Å². The Bertz CT molecular complexity index is 541. The Morgan fingerprint density at radius 3 is 2.81 bits per heavy atom. The topological polar surface area (TPSA) is 68.9 Å². The third-order valence-corrected chi connectivity index (χ3v) is 2.76. The normalized spacial score (nSPS) is 19.0. The molecule has 1 aliphatic rings. The summed E-state index contributed by atoms with van der Waals surface area (Å²) >= 11 is 0. The molecule has 0 saturated carbocycles. The van der Waals surface area contributed by atoms with Gasteiger partial charge in [0, 0.05) is 14.1 Å². The summed E-state index contributed by atoms with van der Waals surface area (Å²) in [6.07, 6.45) is 5.54. The van der Waals surface area contributed by atoms with Gasteiger partial charge in [0.25, 0.3) is 0 Å². The van der Waals surface area contributed by atoms with Crippen molar-refractivity contribution in [2.75, 3.05) is 12.4 Å². The molecule has 1 aromatic rings. The highest BCUT2D eigenvalue weighted by Gasteiger charge is 2.18. The molecular formula is C10H14N4O2. The summed E-state index contributed by atoms with van der Waals surface area (Å²) < 4.78 is 2.54. The lowest BCUT2D eigenvalue weighted by molar-refractivity contribution is 0.505. The van der Waals surface area contributed by atoms with Crippen LogP contribution in [0.5, 0.6) is 0 Å². The Hall–Kier alpha value is -1.85. The molecule has 2 rings (SSSR count). The van der Waals surface area contributed by atoms with Gasteiger partial charge in [-0.2, -0.15) is 4.98 Å². The van der Waals surface area contributed by atoms with Crippen molar-refractivity contribution in [1.29, 1.82) is 0 Å². The summed E-state index contributed by atoms with van der Waals surface area (Å²) in [6.45, 7) is 0. The number of hydrogen-bond acceptors (Lipinski definition) is 4. The molecule has 0 spiro atoms. The molecule has 0 aliphatic heterocycles. The second-order valence-electron chi connectivity index (χ2n) is 3.75. The maximum atomic E-state index is 12.0. The van der Waals surface area contributed by atoms with Crippen LogP contribution in [0.2, 0.25) is 0 Å². The molecule has 1 unspecified atom stereocenters. The zero-order valence-corrected chi connectivity index (χ0v) is 9.30. The molecule has 0 amide bonds. The highest BCUT2D eigenvalue weighted by molar-refractivity contribution is 5.21. The van der Waals surface area contributed by atoms with Gasteiger partial charge in [-0.3, -0.25) is 4.57 Å². The van der Waals surface area contributed by atoms with Crippen LogP contribution >= 0.6 is 0 Å². The average molecular weight is 222 g/mol. The highest BCUT2D eigenvalue weighted by Crippen LogP contribution is 2.19. The number of rotatable bonds is 2. The standard InChI is InChI=1S/C10H14N4O2/c1-11-8-12-9(15)14(10(16)13(8)2)7-5-3-4-6-7/h3,5,7H,4,6H2,1-2H3,(H,11,12,15). The van der Waals surface area contributed by atoms with E-state index in [1.807, 2.05) is 12.2 Å². The molecule has 6 heteroatoms. The lowest BCUT2D eigenvalue weighted by Crippen LogP contribution is -2.43. The average Bonchev–Trinajstić information content (AvgIpc) is 2.77. The van der Waals surface area contributed by atoms with Crippen LogP contribution in [0.3, 0.4) is 0 Å². The minimum absolute atomic E-state index is 0.149. The summed E-state index contributed by atoms with van der Waals surface area (Å²) in [6, 6.07) is -0.149. The summed E-state index contributed by atoms with van der Waals surface area (Å²) in [5.41, 5.74) is -0.829. The summed E-state index contributed by atoms with van der Waals surface area (Å²) in [5.74, 6) is 0.285. The van der Waals surface area contributed by atoms with E-state index in [1.54, 1.807) is 14.1 Å². The van der Waals surface area contributed by atoms with Crippen LogP contribution in [-0.4, -0.2) is 21.2 Å². The number of allylic oxidation sites excluding steroid dienone is 2. The van der Waals surface area contributed by atoms with Gasteiger partial charge in [-0.25, -0.2) is 14.2 Å². The second-order valence-corrected chi connectivity index (χ2v) is 3.75. The summed E-state index contributed by atoms with van der Waals surface area (Å²) in [4.78, 5) is 27.5. The molecule has 6 nitrogen and oxygen atoms in total. The maximum Gasteiger partial charge on any atom is 0.355 e. The molecule has 0 fully saturated rings. The van der Waals surface area contributed by atoms with Crippen LogP contribution in [0.4, 0.5) is 5.95 Å². The van der Waals surface area contributed by atoms with E-state index >= 15 is 0 Å². The zero-order chi connectivity index (χ0) is 11.7. The number of nitrogens with zero attached hydrogens (tertiary/aromatic N) is 3. The quantitative estimate of drug-likeness (QED) is 0.708. The largest absolute Gasteiger partial charge is 0.358 e. The van der Waals surface area contributed by atoms with Gasteiger partial charge in [-0.15, -0.1) is 0 Å². The van der Waals surface area contributed by atoms with E-state index < -0.39 is 5.69 Å². The lowest BCUT2D eigenvalue weighted by atomic mass is 10.2. The molecule has 1 N–H and O–H groups in total. The zero-order valence-electron chi connectivity index (χ0n) is 9.30. The second kappa shape index (κ2) is 3.96. The van der Waals surface area contributed by atoms with E-state index in [9.17, 15) is 9.59 Å². The number of hydrogen-bond donors (Lipinski definition) is 1. The predicted molar refractivity (Wildman–Crippen MR) is 60.7 cm³/mol. The molecular weight excluding hydrogens is 208 g/mol. The van der Waals surface area contributed by atoms with Crippen molar-refractivity contribution in [3.05, 3.63) is 33.1 Å². The molecule has 16 heavy (non-hydrogen) atoms. The van der Waals surface area contributed by atoms with Crippen LogP contribution in [0.15, 0.2) is 21.7 Å². The molecule has 1 aromatic heterocycles. The first-order valence-corrected chi connectivity index (χ1v) is 5.19. The van der Waals surface area contributed by atoms with E-state index in [-0.39, 0.29) is 17.7 Å². The van der Waals surface area contributed by atoms with Crippen LogP contribution in [0, 0.1) is 0 Å². The van der Waals surface area contributed by atoms with Gasteiger partial charge < -0.3 is 5.32 Å². The van der Waals surface area contributed by atoms with Gasteiger partial charge in [-0.1, -0.05) is 12.2 Å². The minimum atomic E-state index is -0.496. The van der Waals surface area contributed by atoms with Gasteiger partial charge in [0.15, 0.2) is 0 Å². The minimum Gasteiger partial charge on any atom is -0.358 e. The van der Waals surface area contributed by atoms with Crippen LogP contribution < -0.4 is 16.7 Å². The Kier molecular flexibility index (Phi) is 2.64. The Labute approximate surface area is 92.2 Å². The molecule has 1 atom stereocenters. The molecule has 1 aliphatic carbocycles. The Balaban J connectivity index is 2.63. The van der Waals surface area contributed by atoms with Crippen LogP contribution in [-0.2, 0) is 7.05 Å². The SMILES string of the molecule is CNc1nc(=O)n(C2C=CCC2)c(=O)n1C. The summed E-state index contributed by atoms with van der Waals surface area (Å²) in [7, 11) is 3.22. The molecule has 86 valence electrons. The fourth-order valence-electron chi connectivity index (χ4n) is 1.89. The van der Waals surface area contributed by atoms with Gasteiger partial charge in [0.2, 0.25) is 5.95 Å². The third kappa shape index (κ3) is 1.56. The van der Waals surface area contributed by atoms with Crippen molar-refractivity contribution < 1.29 is 0 Å².